The molecule has 30 heavy (non-hydrogen) atoms. The van der Waals surface area contributed by atoms with Crippen molar-refractivity contribution in [2.45, 2.75) is 47.0 Å². The maximum atomic E-state index is 12.7. The minimum atomic E-state index is -0.347. The van der Waals surface area contributed by atoms with Crippen LogP contribution in [0.15, 0.2) is 18.2 Å². The molecule has 0 saturated heterocycles. The highest BCUT2D eigenvalue weighted by Crippen LogP contribution is 2.44. The Hall–Kier alpha value is -2.43. The predicted molar refractivity (Wildman–Crippen MR) is 125 cm³/mol. The fourth-order valence-corrected chi connectivity index (χ4v) is 5.48. The van der Waals surface area contributed by atoms with Crippen LogP contribution in [0.5, 0.6) is 5.75 Å². The first-order valence-electron chi connectivity index (χ1n) is 9.96. The van der Waals surface area contributed by atoms with Crippen LogP contribution in [-0.2, 0) is 12.8 Å². The molecule has 2 aromatic rings. The number of ether oxygens (including phenoxy) is 1. The highest BCUT2D eigenvalue weighted by molar-refractivity contribution is 7.80. The van der Waals surface area contributed by atoms with Crippen molar-refractivity contribution < 1.29 is 9.53 Å². The van der Waals surface area contributed by atoms with E-state index in [9.17, 15) is 10.1 Å². The van der Waals surface area contributed by atoms with Gasteiger partial charge in [-0.2, -0.15) is 5.26 Å². The largest absolute Gasteiger partial charge is 0.496 e. The molecule has 1 heterocycles. The smallest absolute Gasteiger partial charge is 0.261 e. The first kappa shape index (κ1) is 22.3. The Balaban J connectivity index is 1.77. The number of thiocarbonyl (C=S) groups is 1. The maximum absolute atomic E-state index is 12.7. The van der Waals surface area contributed by atoms with Crippen molar-refractivity contribution in [3.63, 3.8) is 0 Å². The minimum Gasteiger partial charge on any atom is -0.496 e. The van der Waals surface area contributed by atoms with E-state index >= 15 is 0 Å². The van der Waals surface area contributed by atoms with E-state index in [0.29, 0.717) is 27.8 Å². The molecule has 1 atom stereocenters. The van der Waals surface area contributed by atoms with E-state index in [1.165, 1.54) is 12.0 Å². The van der Waals surface area contributed by atoms with Crippen molar-refractivity contribution in [2.24, 2.45) is 11.3 Å². The van der Waals surface area contributed by atoms with E-state index < -0.39 is 0 Å². The van der Waals surface area contributed by atoms with E-state index in [2.05, 4.69) is 37.5 Å². The van der Waals surface area contributed by atoms with Crippen molar-refractivity contribution in [3.8, 4) is 11.8 Å². The summed E-state index contributed by atoms with van der Waals surface area (Å²) in [7, 11) is 1.54. The number of carbonyl (C=O) groups excluding carboxylic acids is 1. The summed E-state index contributed by atoms with van der Waals surface area (Å²) in [5, 5.41) is 16.4. The van der Waals surface area contributed by atoms with E-state index in [1.807, 2.05) is 13.0 Å². The number of anilines is 1. The number of thiophene rings is 1. The number of rotatable bonds is 3. The maximum Gasteiger partial charge on any atom is 0.261 e. The topological polar surface area (TPSA) is 74.2 Å². The van der Waals surface area contributed by atoms with Gasteiger partial charge in [0, 0.05) is 4.88 Å². The van der Waals surface area contributed by atoms with Crippen molar-refractivity contribution in [1.29, 1.82) is 5.26 Å². The van der Waals surface area contributed by atoms with E-state index in [0.717, 1.165) is 30.4 Å². The van der Waals surface area contributed by atoms with Gasteiger partial charge >= 0.3 is 0 Å². The van der Waals surface area contributed by atoms with Crippen LogP contribution >= 0.6 is 23.6 Å². The fraction of sp³-hybridized carbons (Fsp3) is 0.435. The summed E-state index contributed by atoms with van der Waals surface area (Å²) >= 11 is 6.94. The number of aryl methyl sites for hydroxylation is 1. The van der Waals surface area contributed by atoms with Crippen LogP contribution in [0.1, 0.15) is 59.1 Å². The van der Waals surface area contributed by atoms with Crippen molar-refractivity contribution >= 4 is 39.6 Å². The molecular formula is C23H27N3O2S2. The normalized spacial score (nSPS) is 15.7. The van der Waals surface area contributed by atoms with Gasteiger partial charge in [-0.1, -0.05) is 32.9 Å². The molecule has 1 unspecified atom stereocenters. The second-order valence-electron chi connectivity index (χ2n) is 8.69. The number of nitrogens with zero attached hydrogens (tertiary/aromatic N) is 1. The lowest BCUT2D eigenvalue weighted by Gasteiger charge is -2.33. The second kappa shape index (κ2) is 8.75. The van der Waals surface area contributed by atoms with Crippen LogP contribution in [0.3, 0.4) is 0 Å². The summed E-state index contributed by atoms with van der Waals surface area (Å²) in [6, 6.07) is 7.71. The van der Waals surface area contributed by atoms with Crippen LogP contribution in [-0.4, -0.2) is 18.1 Å². The number of hydrogen-bond acceptors (Lipinski definition) is 5. The number of benzene rings is 1. The SMILES string of the molecule is COc1c(C)cccc1C(=O)NC(=S)Nc1sc2c(c1C#N)CCC(C(C)(C)C)C2. The van der Waals surface area contributed by atoms with E-state index in [4.69, 9.17) is 17.0 Å². The third-order valence-electron chi connectivity index (χ3n) is 5.72. The number of carbonyl (C=O) groups is 1. The van der Waals surface area contributed by atoms with Gasteiger partial charge in [0.15, 0.2) is 5.11 Å². The number of fused-ring (bicyclic) bond motifs is 1. The Morgan fingerprint density at radius 2 is 2.10 bits per heavy atom. The lowest BCUT2D eigenvalue weighted by atomic mass is 9.72. The van der Waals surface area contributed by atoms with Gasteiger partial charge in [-0.25, -0.2) is 0 Å². The molecule has 1 aromatic heterocycles. The molecule has 3 rings (SSSR count). The summed E-state index contributed by atoms with van der Waals surface area (Å²) in [6.07, 6.45) is 2.95. The molecule has 0 radical (unpaired) electrons. The van der Waals surface area contributed by atoms with Crippen molar-refractivity contribution in [1.82, 2.24) is 5.32 Å². The molecule has 0 bridgehead atoms. The van der Waals surface area contributed by atoms with Gasteiger partial charge in [0.25, 0.3) is 5.91 Å². The fourth-order valence-electron chi connectivity index (χ4n) is 3.94. The van der Waals surface area contributed by atoms with Crippen LogP contribution in [0.4, 0.5) is 5.00 Å². The zero-order valence-corrected chi connectivity index (χ0v) is 19.6. The van der Waals surface area contributed by atoms with Gasteiger partial charge in [-0.3, -0.25) is 10.1 Å². The monoisotopic (exact) mass is 441 g/mol. The summed E-state index contributed by atoms with van der Waals surface area (Å²) < 4.78 is 5.36. The Morgan fingerprint density at radius 1 is 1.37 bits per heavy atom. The van der Waals surface area contributed by atoms with Crippen LogP contribution in [0.2, 0.25) is 0 Å². The first-order valence-corrected chi connectivity index (χ1v) is 11.2. The van der Waals surface area contributed by atoms with Crippen LogP contribution in [0, 0.1) is 29.6 Å². The number of amides is 1. The molecule has 7 heteroatoms. The standard InChI is InChI=1S/C23H27N3O2S2/c1-13-7-6-8-16(19(13)28-5)20(27)25-22(29)26-21-17(12-24)15-10-9-14(23(2,3)4)11-18(15)30-21/h6-8,14H,9-11H2,1-5H3,(H2,25,26,27,29). The molecule has 0 saturated carbocycles. The molecule has 1 aliphatic carbocycles. The molecule has 0 spiro atoms. The number of para-hydroxylation sites is 1. The highest BCUT2D eigenvalue weighted by Gasteiger charge is 2.32. The molecule has 0 aliphatic heterocycles. The third-order valence-corrected chi connectivity index (χ3v) is 7.09. The Labute approximate surface area is 187 Å². The Morgan fingerprint density at radius 3 is 2.73 bits per heavy atom. The zero-order valence-electron chi connectivity index (χ0n) is 18.0. The molecule has 1 amide bonds. The predicted octanol–water partition coefficient (Wildman–Crippen LogP) is 5.21. The van der Waals surface area contributed by atoms with E-state index in [1.54, 1.807) is 23.5 Å². The lowest BCUT2D eigenvalue weighted by molar-refractivity contribution is 0.0974. The minimum absolute atomic E-state index is 0.172. The number of nitrogens with one attached hydrogen (secondary N) is 2. The lowest BCUT2D eigenvalue weighted by Crippen LogP contribution is -2.34. The first-order chi connectivity index (χ1) is 14.2. The molecule has 158 valence electrons. The molecular weight excluding hydrogens is 414 g/mol. The van der Waals surface area contributed by atoms with Gasteiger partial charge in [-0.15, -0.1) is 11.3 Å². The molecule has 1 aromatic carbocycles. The van der Waals surface area contributed by atoms with Crippen molar-refractivity contribution in [2.75, 3.05) is 12.4 Å². The number of nitriles is 1. The van der Waals surface area contributed by atoms with Gasteiger partial charge < -0.3 is 10.1 Å². The third kappa shape index (κ3) is 4.50. The van der Waals surface area contributed by atoms with Gasteiger partial charge in [0.2, 0.25) is 0 Å². The second-order valence-corrected chi connectivity index (χ2v) is 10.2. The van der Waals surface area contributed by atoms with Gasteiger partial charge in [0.05, 0.1) is 18.2 Å². The number of methoxy groups -OCH3 is 1. The van der Waals surface area contributed by atoms with Crippen LogP contribution in [0.25, 0.3) is 0 Å². The van der Waals surface area contributed by atoms with Crippen LogP contribution < -0.4 is 15.4 Å². The summed E-state index contributed by atoms with van der Waals surface area (Å²) in [5.41, 5.74) is 3.29. The summed E-state index contributed by atoms with van der Waals surface area (Å²) in [6.45, 7) is 8.69. The molecule has 0 fully saturated rings. The van der Waals surface area contributed by atoms with Crippen molar-refractivity contribution in [3.05, 3.63) is 45.3 Å². The quantitative estimate of drug-likeness (QED) is 0.639. The zero-order chi connectivity index (χ0) is 22.1. The Bertz CT molecular complexity index is 1030. The molecule has 1 aliphatic rings. The average molecular weight is 442 g/mol. The van der Waals surface area contributed by atoms with Gasteiger partial charge in [-0.05, 0) is 66.9 Å². The Kier molecular flexibility index (Phi) is 6.49. The van der Waals surface area contributed by atoms with Gasteiger partial charge in [0.1, 0.15) is 16.8 Å². The molecule has 5 nitrogen and oxygen atoms in total. The summed E-state index contributed by atoms with van der Waals surface area (Å²) in [5.74, 6) is 0.763. The average Bonchev–Trinajstić information content (AvgIpc) is 3.02. The highest BCUT2D eigenvalue weighted by atomic mass is 32.1. The van der Waals surface area contributed by atoms with E-state index in [-0.39, 0.29) is 16.4 Å². The molecule has 2 N–H and O–H groups in total. The summed E-state index contributed by atoms with van der Waals surface area (Å²) in [4.78, 5) is 13.9. The number of hydrogen-bond donors (Lipinski definition) is 2.